The highest BCUT2D eigenvalue weighted by atomic mass is 19.1. The topological polar surface area (TPSA) is 124 Å². The van der Waals surface area contributed by atoms with E-state index >= 15 is 0 Å². The summed E-state index contributed by atoms with van der Waals surface area (Å²) < 4.78 is 29.2. The monoisotopic (exact) mass is 528 g/mol. The van der Waals surface area contributed by atoms with E-state index in [1.807, 2.05) is 4.90 Å². The summed E-state index contributed by atoms with van der Waals surface area (Å²) in [7, 11) is 0. The van der Waals surface area contributed by atoms with Gasteiger partial charge in [0.1, 0.15) is 11.4 Å². The molecular formula is C28H22F2N6O3. The lowest BCUT2D eigenvalue weighted by atomic mass is 10.0. The van der Waals surface area contributed by atoms with Crippen molar-refractivity contribution in [1.82, 2.24) is 14.8 Å². The summed E-state index contributed by atoms with van der Waals surface area (Å²) in [5.41, 5.74) is -0.0276. The lowest BCUT2D eigenvalue weighted by molar-refractivity contribution is 0.0839. The zero-order chi connectivity index (χ0) is 27.7. The second kappa shape index (κ2) is 10.1. The number of rotatable bonds is 5. The van der Waals surface area contributed by atoms with Crippen LogP contribution in [0.1, 0.15) is 29.4 Å². The van der Waals surface area contributed by atoms with Gasteiger partial charge in [-0.25, -0.2) is 8.78 Å². The number of benzene rings is 2. The number of nitrogens with one attached hydrogen (secondary N) is 1. The van der Waals surface area contributed by atoms with Crippen molar-refractivity contribution in [2.75, 3.05) is 23.3 Å². The van der Waals surface area contributed by atoms with E-state index in [1.54, 1.807) is 37.4 Å². The molecule has 1 aliphatic rings. The van der Waals surface area contributed by atoms with Crippen LogP contribution < -0.4 is 15.8 Å². The van der Waals surface area contributed by atoms with Gasteiger partial charge in [0.05, 0.1) is 28.6 Å². The molecule has 5 rings (SSSR count). The van der Waals surface area contributed by atoms with Crippen LogP contribution in [0.5, 0.6) is 0 Å². The first-order chi connectivity index (χ1) is 18.7. The highest BCUT2D eigenvalue weighted by Crippen LogP contribution is 2.36. The molecule has 0 aliphatic carbocycles. The van der Waals surface area contributed by atoms with Gasteiger partial charge in [0.25, 0.3) is 11.5 Å². The number of halogens is 2. The van der Waals surface area contributed by atoms with Gasteiger partial charge in [0.2, 0.25) is 0 Å². The lowest BCUT2D eigenvalue weighted by Crippen LogP contribution is -2.30. The summed E-state index contributed by atoms with van der Waals surface area (Å²) in [5, 5.41) is 26.8. The third-order valence-corrected chi connectivity index (χ3v) is 6.47. The summed E-state index contributed by atoms with van der Waals surface area (Å²) in [6.45, 7) is 2.53. The minimum Gasteiger partial charge on any atom is -0.388 e. The van der Waals surface area contributed by atoms with Gasteiger partial charge in [-0.2, -0.15) is 15.0 Å². The smallest absolute Gasteiger partial charge is 0.276 e. The molecule has 39 heavy (non-hydrogen) atoms. The molecule has 2 aromatic heterocycles. The number of hydrogen-bond donors (Lipinski definition) is 2. The summed E-state index contributed by atoms with van der Waals surface area (Å²) in [6, 6.07) is 14.2. The molecular weight excluding hydrogens is 506 g/mol. The van der Waals surface area contributed by atoms with Gasteiger partial charge in [-0.15, -0.1) is 0 Å². The number of pyridine rings is 1. The van der Waals surface area contributed by atoms with E-state index in [0.29, 0.717) is 52.3 Å². The fourth-order valence-corrected chi connectivity index (χ4v) is 4.51. The Bertz CT molecular complexity index is 1680. The number of aromatic nitrogens is 3. The summed E-state index contributed by atoms with van der Waals surface area (Å²) in [6.07, 6.45) is 3.60. The SMILES string of the molecule is C[C@@]1(O)CCN(c2cc(-c3cnccc3C#N)ccc2NC(=O)c2ccc(=O)n(-c3c(F)cccc3F)n2)C1. The second-order valence-electron chi connectivity index (χ2n) is 9.43. The van der Waals surface area contributed by atoms with Gasteiger partial charge in [-0.1, -0.05) is 12.1 Å². The number of nitriles is 1. The van der Waals surface area contributed by atoms with Crippen molar-refractivity contribution in [2.24, 2.45) is 0 Å². The van der Waals surface area contributed by atoms with Crippen molar-refractivity contribution in [3.63, 3.8) is 0 Å². The first-order valence-electron chi connectivity index (χ1n) is 12.0. The summed E-state index contributed by atoms with van der Waals surface area (Å²) in [5.74, 6) is -2.74. The highest BCUT2D eigenvalue weighted by Gasteiger charge is 2.33. The molecule has 11 heteroatoms. The van der Waals surface area contributed by atoms with Gasteiger partial charge >= 0.3 is 0 Å². The number of β-amino-alcohol motifs (C(OH)–C–C–N with tert-alkyl or cyclic N) is 1. The van der Waals surface area contributed by atoms with E-state index in [9.17, 15) is 28.7 Å². The molecule has 2 aromatic carbocycles. The van der Waals surface area contributed by atoms with Gasteiger partial charge < -0.3 is 15.3 Å². The van der Waals surface area contributed by atoms with Crippen molar-refractivity contribution in [3.05, 3.63) is 100 Å². The standard InChI is InChI=1S/C28H22F2N6O3/c1-28(39)10-12-35(16-28)24-13-17(19-15-32-11-9-18(19)14-31)5-6-22(24)33-27(38)23-7-8-25(37)36(34-23)26-20(29)3-2-4-21(26)30/h2-9,11,13,15,39H,10,12,16H2,1H3,(H,33,38)/t28-/m1/s1. The molecule has 1 aliphatic heterocycles. The van der Waals surface area contributed by atoms with E-state index in [-0.39, 0.29) is 5.69 Å². The number of carbonyl (C=O) groups excluding carboxylic acids is 1. The normalized spacial score (nSPS) is 16.6. The first-order valence-corrected chi connectivity index (χ1v) is 12.0. The summed E-state index contributed by atoms with van der Waals surface area (Å²) >= 11 is 0. The fraction of sp³-hybridized carbons (Fsp3) is 0.179. The maximum Gasteiger partial charge on any atom is 0.276 e. The Kier molecular flexibility index (Phi) is 6.64. The third-order valence-electron chi connectivity index (χ3n) is 6.47. The van der Waals surface area contributed by atoms with Crippen molar-refractivity contribution in [3.8, 4) is 22.9 Å². The molecule has 0 saturated carbocycles. The van der Waals surface area contributed by atoms with E-state index < -0.39 is 34.4 Å². The van der Waals surface area contributed by atoms with Crippen molar-refractivity contribution >= 4 is 17.3 Å². The molecule has 0 unspecified atom stereocenters. The Morgan fingerprint density at radius 2 is 1.92 bits per heavy atom. The Hall–Kier alpha value is -4.95. The van der Waals surface area contributed by atoms with Crippen LogP contribution in [0, 0.1) is 23.0 Å². The van der Waals surface area contributed by atoms with Crippen LogP contribution >= 0.6 is 0 Å². The molecule has 2 N–H and O–H groups in total. The van der Waals surface area contributed by atoms with Crippen molar-refractivity contribution in [1.29, 1.82) is 5.26 Å². The number of amides is 1. The number of carbonyl (C=O) groups is 1. The highest BCUT2D eigenvalue weighted by molar-refractivity contribution is 6.05. The van der Waals surface area contributed by atoms with Crippen LogP contribution in [0.2, 0.25) is 0 Å². The maximum atomic E-state index is 14.3. The third kappa shape index (κ3) is 5.10. The minimum absolute atomic E-state index is 0.250. The molecule has 1 amide bonds. The zero-order valence-corrected chi connectivity index (χ0v) is 20.7. The Labute approximate surface area is 221 Å². The van der Waals surface area contributed by atoms with Crippen molar-refractivity contribution < 1.29 is 18.7 Å². The Morgan fingerprint density at radius 3 is 2.62 bits per heavy atom. The zero-order valence-electron chi connectivity index (χ0n) is 20.7. The van der Waals surface area contributed by atoms with Crippen LogP contribution in [-0.2, 0) is 0 Å². The molecule has 0 spiro atoms. The van der Waals surface area contributed by atoms with Crippen LogP contribution in [-0.4, -0.2) is 44.5 Å². The average Bonchev–Trinajstić information content (AvgIpc) is 3.29. The number of anilines is 2. The van der Waals surface area contributed by atoms with Gasteiger partial charge in [-0.3, -0.25) is 14.6 Å². The molecule has 3 heterocycles. The quantitative estimate of drug-likeness (QED) is 0.405. The fourth-order valence-electron chi connectivity index (χ4n) is 4.51. The predicted molar refractivity (Wildman–Crippen MR) is 140 cm³/mol. The van der Waals surface area contributed by atoms with E-state index in [2.05, 4.69) is 21.5 Å². The van der Waals surface area contributed by atoms with E-state index in [1.165, 1.54) is 6.20 Å². The molecule has 0 radical (unpaired) electrons. The largest absolute Gasteiger partial charge is 0.388 e. The minimum atomic E-state index is -1.01. The molecule has 9 nitrogen and oxygen atoms in total. The maximum absolute atomic E-state index is 14.3. The average molecular weight is 529 g/mol. The van der Waals surface area contributed by atoms with Gasteiger partial charge in [0, 0.05) is 37.1 Å². The van der Waals surface area contributed by atoms with Crippen LogP contribution in [0.25, 0.3) is 16.8 Å². The number of nitrogens with zero attached hydrogens (tertiary/aromatic N) is 5. The molecule has 4 aromatic rings. The van der Waals surface area contributed by atoms with Gasteiger partial charge in [-0.05, 0) is 55.3 Å². The van der Waals surface area contributed by atoms with Gasteiger partial charge in [0.15, 0.2) is 11.6 Å². The predicted octanol–water partition coefficient (Wildman–Crippen LogP) is 3.66. The summed E-state index contributed by atoms with van der Waals surface area (Å²) in [4.78, 5) is 31.6. The number of para-hydroxylation sites is 1. The number of aliphatic hydroxyl groups is 1. The lowest BCUT2D eigenvalue weighted by Gasteiger charge is -2.24. The van der Waals surface area contributed by atoms with Crippen LogP contribution in [0.15, 0.2) is 71.8 Å². The second-order valence-corrected chi connectivity index (χ2v) is 9.43. The molecule has 1 atom stereocenters. The molecule has 0 bridgehead atoms. The van der Waals surface area contributed by atoms with E-state index in [4.69, 9.17) is 0 Å². The van der Waals surface area contributed by atoms with Crippen LogP contribution in [0.4, 0.5) is 20.2 Å². The van der Waals surface area contributed by atoms with E-state index in [0.717, 1.165) is 30.3 Å². The molecule has 196 valence electrons. The Balaban J connectivity index is 1.53. The van der Waals surface area contributed by atoms with Crippen LogP contribution in [0.3, 0.4) is 0 Å². The molecule has 1 fully saturated rings. The number of hydrogen-bond acceptors (Lipinski definition) is 7. The molecule has 1 saturated heterocycles. The first kappa shape index (κ1) is 25.7. The van der Waals surface area contributed by atoms with Crippen molar-refractivity contribution in [2.45, 2.75) is 18.9 Å². The Morgan fingerprint density at radius 1 is 1.15 bits per heavy atom.